The first-order chi connectivity index (χ1) is 24.1. The Labute approximate surface area is 314 Å². The lowest BCUT2D eigenvalue weighted by Gasteiger charge is -2.27. The van der Waals surface area contributed by atoms with Crippen molar-refractivity contribution in [2.75, 3.05) is 23.3 Å². The molecule has 2 aromatic carbocycles. The molecule has 6 nitrogen and oxygen atoms in total. The van der Waals surface area contributed by atoms with Gasteiger partial charge in [0.15, 0.2) is 11.5 Å². The summed E-state index contributed by atoms with van der Waals surface area (Å²) in [6.07, 6.45) is 21.0. The molecule has 0 saturated carbocycles. The van der Waals surface area contributed by atoms with Gasteiger partial charge in [0.05, 0.1) is 15.7 Å². The molecule has 0 bridgehead atoms. The molecule has 3 heterocycles. The van der Waals surface area contributed by atoms with Crippen LogP contribution < -0.4 is 15.4 Å². The third-order valence-corrected chi connectivity index (χ3v) is 10.8. The van der Waals surface area contributed by atoms with Crippen LogP contribution in [0.2, 0.25) is 10.0 Å². The van der Waals surface area contributed by atoms with E-state index in [1.165, 1.54) is 75.5 Å². The van der Waals surface area contributed by atoms with Gasteiger partial charge in [-0.15, -0.1) is 9.73 Å². The number of hydrogen-bond acceptors (Lipinski definition) is 5. The summed E-state index contributed by atoms with van der Waals surface area (Å²) < 4.78 is 1.62. The number of aryl methyl sites for hydroxylation is 1. The fourth-order valence-electron chi connectivity index (χ4n) is 6.94. The summed E-state index contributed by atoms with van der Waals surface area (Å²) >= 11 is 20.0. The molecule has 268 valence electrons. The fourth-order valence-corrected chi connectivity index (χ4v) is 7.44. The number of benzene rings is 2. The van der Waals surface area contributed by atoms with Crippen LogP contribution >= 0.6 is 34.8 Å². The van der Waals surface area contributed by atoms with Crippen LogP contribution in [0.15, 0.2) is 59.3 Å². The summed E-state index contributed by atoms with van der Waals surface area (Å²) in [6, 6.07) is 12.3. The molecule has 0 aliphatic carbocycles. The molecule has 0 amide bonds. The first kappa shape index (κ1) is 38.2. The Kier molecular flexibility index (Phi) is 13.7. The highest BCUT2D eigenvalue weighted by atomic mass is 35.5. The number of nitrogens with zero attached hydrogens (tertiary/aromatic N) is 5. The predicted octanol–water partition coefficient (Wildman–Crippen LogP) is 11.8. The minimum absolute atomic E-state index is 0.275. The molecule has 2 aromatic heterocycles. The second-order valence-electron chi connectivity index (χ2n) is 14.1. The molecule has 1 aliphatic rings. The van der Waals surface area contributed by atoms with E-state index in [-0.39, 0.29) is 5.41 Å². The third-order valence-electron chi connectivity index (χ3n) is 9.83. The summed E-state index contributed by atoms with van der Waals surface area (Å²) in [5, 5.41) is 15.7. The Bertz CT molecular complexity index is 1860. The SMILES string of the molecule is CCCCCCCCNc1ccccc1-c1nc2\c(=C/C(Cl)=C/C=C3/N(CCCCCCCC)c4cc(Cl)c(Cl)cc4C3(C)C)c(C)nn2n1. The van der Waals surface area contributed by atoms with Crippen molar-refractivity contribution in [2.45, 2.75) is 117 Å². The first-order valence-corrected chi connectivity index (χ1v) is 19.7. The molecule has 0 saturated heterocycles. The van der Waals surface area contributed by atoms with Gasteiger partial charge in [-0.1, -0.05) is 139 Å². The minimum atomic E-state index is -0.275. The average Bonchev–Trinajstić information content (AvgIpc) is 3.69. The number of para-hydroxylation sites is 1. The minimum Gasteiger partial charge on any atom is -0.384 e. The van der Waals surface area contributed by atoms with Gasteiger partial charge >= 0.3 is 0 Å². The molecule has 0 fully saturated rings. The van der Waals surface area contributed by atoms with Gasteiger partial charge in [0.2, 0.25) is 0 Å². The van der Waals surface area contributed by atoms with Gasteiger partial charge in [-0.05, 0) is 67.8 Å². The van der Waals surface area contributed by atoms with Crippen LogP contribution in [-0.2, 0) is 5.41 Å². The third kappa shape index (κ3) is 9.05. The zero-order valence-corrected chi connectivity index (χ0v) is 32.7. The van der Waals surface area contributed by atoms with E-state index in [0.717, 1.165) is 53.8 Å². The second kappa shape index (κ2) is 17.9. The summed E-state index contributed by atoms with van der Waals surface area (Å²) in [6.45, 7) is 12.8. The number of fused-ring (bicyclic) bond motifs is 2. The highest BCUT2D eigenvalue weighted by molar-refractivity contribution is 6.42. The number of nitrogens with one attached hydrogen (secondary N) is 1. The molecule has 0 unspecified atom stereocenters. The van der Waals surface area contributed by atoms with Gasteiger partial charge in [0.25, 0.3) is 0 Å². The molecule has 0 atom stereocenters. The van der Waals surface area contributed by atoms with Crippen molar-refractivity contribution < 1.29 is 0 Å². The number of halogens is 3. The molecule has 9 heteroatoms. The Morgan fingerprint density at radius 1 is 0.860 bits per heavy atom. The van der Waals surface area contributed by atoms with Crippen molar-refractivity contribution in [3.05, 3.63) is 85.8 Å². The van der Waals surface area contributed by atoms with Crippen molar-refractivity contribution in [3.8, 4) is 11.4 Å². The van der Waals surface area contributed by atoms with E-state index in [0.29, 0.717) is 26.5 Å². The predicted molar refractivity (Wildman–Crippen MR) is 215 cm³/mol. The maximum atomic E-state index is 6.97. The summed E-state index contributed by atoms with van der Waals surface area (Å²) in [4.78, 5) is 7.35. The zero-order chi connectivity index (χ0) is 35.7. The van der Waals surface area contributed by atoms with Crippen molar-refractivity contribution >= 4 is 57.9 Å². The van der Waals surface area contributed by atoms with Crippen LogP contribution in [0.4, 0.5) is 11.4 Å². The molecule has 0 radical (unpaired) electrons. The van der Waals surface area contributed by atoms with Crippen LogP contribution in [-0.4, -0.2) is 32.9 Å². The van der Waals surface area contributed by atoms with E-state index < -0.39 is 0 Å². The number of rotatable bonds is 18. The summed E-state index contributed by atoms with van der Waals surface area (Å²) in [5.74, 6) is 0.642. The van der Waals surface area contributed by atoms with Crippen LogP contribution in [0.3, 0.4) is 0 Å². The normalized spacial score (nSPS) is 15.5. The van der Waals surface area contributed by atoms with Crippen molar-refractivity contribution in [1.29, 1.82) is 0 Å². The molecule has 0 spiro atoms. The maximum absolute atomic E-state index is 6.97. The quantitative estimate of drug-likeness (QED) is 0.103. The number of hydrogen-bond donors (Lipinski definition) is 1. The molecular formula is C41H53Cl3N6. The molecule has 50 heavy (non-hydrogen) atoms. The Morgan fingerprint density at radius 3 is 2.26 bits per heavy atom. The van der Waals surface area contributed by atoms with E-state index in [1.54, 1.807) is 4.63 Å². The lowest BCUT2D eigenvalue weighted by molar-refractivity contribution is 0.591. The maximum Gasteiger partial charge on any atom is 0.186 e. The summed E-state index contributed by atoms with van der Waals surface area (Å²) in [7, 11) is 0. The number of anilines is 2. The fraction of sp³-hybridized carbons (Fsp3) is 0.488. The van der Waals surface area contributed by atoms with E-state index >= 15 is 0 Å². The van der Waals surface area contributed by atoms with Gasteiger partial charge < -0.3 is 10.2 Å². The van der Waals surface area contributed by atoms with Gasteiger partial charge in [-0.25, -0.2) is 4.98 Å². The lowest BCUT2D eigenvalue weighted by Crippen LogP contribution is -2.27. The Hall–Kier alpha value is -3.06. The second-order valence-corrected chi connectivity index (χ2v) is 15.3. The monoisotopic (exact) mass is 734 g/mol. The van der Waals surface area contributed by atoms with Gasteiger partial charge in [-0.3, -0.25) is 0 Å². The highest BCUT2D eigenvalue weighted by Crippen LogP contribution is 2.50. The Balaban J connectivity index is 1.39. The molecule has 5 rings (SSSR count). The van der Waals surface area contributed by atoms with Crippen LogP contribution in [0.1, 0.15) is 116 Å². The Morgan fingerprint density at radius 2 is 1.52 bits per heavy atom. The van der Waals surface area contributed by atoms with Crippen LogP contribution in [0, 0.1) is 6.92 Å². The summed E-state index contributed by atoms with van der Waals surface area (Å²) in [5.41, 5.74) is 6.70. The highest BCUT2D eigenvalue weighted by Gasteiger charge is 2.40. The molecule has 1 N–H and O–H groups in total. The van der Waals surface area contributed by atoms with Crippen LogP contribution in [0.25, 0.3) is 23.1 Å². The van der Waals surface area contributed by atoms with E-state index in [1.807, 2.05) is 43.3 Å². The van der Waals surface area contributed by atoms with Crippen molar-refractivity contribution in [1.82, 2.24) is 19.8 Å². The first-order valence-electron chi connectivity index (χ1n) is 18.6. The number of allylic oxidation sites excluding steroid dienone is 4. The molecule has 1 aliphatic heterocycles. The zero-order valence-electron chi connectivity index (χ0n) is 30.5. The molecular weight excluding hydrogens is 683 g/mol. The number of aromatic nitrogens is 4. The van der Waals surface area contributed by atoms with E-state index in [9.17, 15) is 0 Å². The average molecular weight is 736 g/mol. The topological polar surface area (TPSA) is 58.4 Å². The van der Waals surface area contributed by atoms with E-state index in [4.69, 9.17) is 44.9 Å². The largest absolute Gasteiger partial charge is 0.384 e. The standard InChI is InChI=1S/C41H53Cl3N6/c1-6-8-10-12-14-18-24-45-36-21-17-16-20-31(36)39-46-40-32(29(3)47-50(40)48-39)26-30(42)22-23-38-41(4,5)33-27-34(43)35(44)28-37(33)49(38)25-19-15-13-11-9-7-2/h16-17,20-23,26-28,45H,6-15,18-19,24-25H2,1-5H3/b30-22-,32-26-,38-23+. The van der Waals surface area contributed by atoms with Crippen molar-refractivity contribution in [2.24, 2.45) is 0 Å². The van der Waals surface area contributed by atoms with Crippen LogP contribution in [0.5, 0.6) is 0 Å². The smallest absolute Gasteiger partial charge is 0.186 e. The van der Waals surface area contributed by atoms with Gasteiger partial charge in [0.1, 0.15) is 0 Å². The van der Waals surface area contributed by atoms with Gasteiger partial charge in [0, 0.05) is 51.4 Å². The van der Waals surface area contributed by atoms with Gasteiger partial charge in [-0.2, -0.15) is 5.10 Å². The van der Waals surface area contributed by atoms with Crippen molar-refractivity contribution in [3.63, 3.8) is 0 Å². The lowest BCUT2D eigenvalue weighted by atomic mass is 9.83. The van der Waals surface area contributed by atoms with E-state index in [2.05, 4.69) is 61.2 Å². The number of unbranched alkanes of at least 4 members (excludes halogenated alkanes) is 10. The molecule has 4 aromatic rings.